The zero-order chi connectivity index (χ0) is 21.3. The van der Waals surface area contributed by atoms with Crippen LogP contribution in [0.2, 0.25) is 0 Å². The van der Waals surface area contributed by atoms with Crippen molar-refractivity contribution in [3.05, 3.63) is 76.6 Å². The Morgan fingerprint density at radius 1 is 1.13 bits per heavy atom. The number of carbonyl (C=O) groups is 3. The molecule has 1 saturated heterocycles. The molecule has 8 heteroatoms. The summed E-state index contributed by atoms with van der Waals surface area (Å²) < 4.78 is 15.6. The molecule has 152 valence electrons. The molecule has 1 fully saturated rings. The standard InChI is InChI=1S/C22H18FN3O3S/c1-25-17-9-5-3-7-15(17)12-18(25)20(27)24-10-11-26-21(28)19(30-22(26)29)13-14-6-2-4-8-16(14)23/h2-9,12-13H,10-11H2,1H3,(H,24,27)/b19-13+. The molecule has 0 radical (unpaired) electrons. The molecule has 2 aromatic carbocycles. The van der Waals surface area contributed by atoms with E-state index in [9.17, 15) is 18.8 Å². The molecule has 0 bridgehead atoms. The number of amides is 3. The van der Waals surface area contributed by atoms with Crippen molar-refractivity contribution in [1.29, 1.82) is 0 Å². The van der Waals surface area contributed by atoms with Crippen molar-refractivity contribution in [2.24, 2.45) is 7.05 Å². The van der Waals surface area contributed by atoms with Gasteiger partial charge in [0.2, 0.25) is 0 Å². The van der Waals surface area contributed by atoms with Crippen molar-refractivity contribution in [1.82, 2.24) is 14.8 Å². The first-order valence-electron chi connectivity index (χ1n) is 9.28. The fourth-order valence-corrected chi connectivity index (χ4v) is 4.16. The minimum absolute atomic E-state index is 0.0367. The number of carbonyl (C=O) groups excluding carboxylic acids is 3. The molecule has 0 unspecified atom stereocenters. The van der Waals surface area contributed by atoms with E-state index in [0.717, 1.165) is 27.6 Å². The maximum atomic E-state index is 13.8. The van der Waals surface area contributed by atoms with Crippen LogP contribution in [0.4, 0.5) is 9.18 Å². The number of imide groups is 1. The summed E-state index contributed by atoms with van der Waals surface area (Å²) in [5.41, 5.74) is 1.67. The average Bonchev–Trinajstić information content (AvgIpc) is 3.21. The minimum Gasteiger partial charge on any atom is -0.349 e. The van der Waals surface area contributed by atoms with Gasteiger partial charge in [0.15, 0.2) is 0 Å². The van der Waals surface area contributed by atoms with Crippen LogP contribution in [-0.4, -0.2) is 39.6 Å². The summed E-state index contributed by atoms with van der Waals surface area (Å²) in [5.74, 6) is -1.25. The summed E-state index contributed by atoms with van der Waals surface area (Å²) in [6.45, 7) is 0.153. The quantitative estimate of drug-likeness (QED) is 0.634. The number of benzene rings is 2. The molecular weight excluding hydrogens is 405 g/mol. The van der Waals surface area contributed by atoms with Gasteiger partial charge in [0, 0.05) is 36.6 Å². The Kier molecular flexibility index (Phi) is 5.41. The third-order valence-electron chi connectivity index (χ3n) is 4.87. The van der Waals surface area contributed by atoms with Crippen LogP contribution in [0.1, 0.15) is 16.1 Å². The van der Waals surface area contributed by atoms with Gasteiger partial charge in [0.25, 0.3) is 17.1 Å². The number of hydrogen-bond acceptors (Lipinski definition) is 4. The van der Waals surface area contributed by atoms with Crippen LogP contribution in [0.5, 0.6) is 0 Å². The van der Waals surface area contributed by atoms with Crippen LogP contribution >= 0.6 is 11.8 Å². The number of aryl methyl sites for hydroxylation is 1. The lowest BCUT2D eigenvalue weighted by molar-refractivity contribution is -0.122. The summed E-state index contributed by atoms with van der Waals surface area (Å²) in [7, 11) is 1.81. The van der Waals surface area contributed by atoms with Gasteiger partial charge in [-0.25, -0.2) is 4.39 Å². The average molecular weight is 423 g/mol. The Balaban J connectivity index is 1.40. The largest absolute Gasteiger partial charge is 0.349 e. The van der Waals surface area contributed by atoms with Crippen molar-refractivity contribution in [3.63, 3.8) is 0 Å². The van der Waals surface area contributed by atoms with Gasteiger partial charge in [-0.15, -0.1) is 0 Å². The summed E-state index contributed by atoms with van der Waals surface area (Å²) in [4.78, 5) is 38.5. The molecule has 1 aliphatic rings. The van der Waals surface area contributed by atoms with Crippen molar-refractivity contribution >= 4 is 45.8 Å². The van der Waals surface area contributed by atoms with Crippen molar-refractivity contribution in [2.45, 2.75) is 0 Å². The van der Waals surface area contributed by atoms with E-state index in [-0.39, 0.29) is 29.5 Å². The molecule has 30 heavy (non-hydrogen) atoms. The fourth-order valence-electron chi connectivity index (χ4n) is 3.30. The summed E-state index contributed by atoms with van der Waals surface area (Å²) >= 11 is 0.761. The number of fused-ring (bicyclic) bond motifs is 1. The number of hydrogen-bond donors (Lipinski definition) is 1. The second-order valence-corrected chi connectivity index (χ2v) is 7.75. The van der Waals surface area contributed by atoms with Crippen molar-refractivity contribution in [2.75, 3.05) is 13.1 Å². The fraction of sp³-hybridized carbons (Fsp3) is 0.136. The molecule has 6 nitrogen and oxygen atoms in total. The van der Waals surface area contributed by atoms with E-state index in [1.807, 2.05) is 24.3 Å². The third kappa shape index (κ3) is 3.73. The lowest BCUT2D eigenvalue weighted by Crippen LogP contribution is -2.37. The first-order chi connectivity index (χ1) is 14.5. The molecule has 4 rings (SSSR count). The summed E-state index contributed by atoms with van der Waals surface area (Å²) in [6.07, 6.45) is 1.37. The van der Waals surface area contributed by atoms with Crippen LogP contribution in [0, 0.1) is 5.82 Å². The van der Waals surface area contributed by atoms with E-state index < -0.39 is 17.0 Å². The summed E-state index contributed by atoms with van der Waals surface area (Å²) in [5, 5.41) is 3.26. The Morgan fingerprint density at radius 2 is 1.87 bits per heavy atom. The second kappa shape index (κ2) is 8.16. The highest BCUT2D eigenvalue weighted by Gasteiger charge is 2.34. The normalized spacial score (nSPS) is 15.4. The Bertz CT molecular complexity index is 1200. The first-order valence-corrected chi connectivity index (χ1v) is 10.1. The Hall–Kier alpha value is -3.39. The molecule has 0 aliphatic carbocycles. The molecule has 2 heterocycles. The number of nitrogens with one attached hydrogen (secondary N) is 1. The second-order valence-electron chi connectivity index (χ2n) is 6.76. The monoisotopic (exact) mass is 423 g/mol. The van der Waals surface area contributed by atoms with Gasteiger partial charge in [-0.05, 0) is 36.0 Å². The maximum Gasteiger partial charge on any atom is 0.293 e. The van der Waals surface area contributed by atoms with Crippen LogP contribution in [-0.2, 0) is 11.8 Å². The molecule has 0 spiro atoms. The van der Waals surface area contributed by atoms with Crippen molar-refractivity contribution in [3.8, 4) is 0 Å². The zero-order valence-corrected chi connectivity index (χ0v) is 16.9. The first kappa shape index (κ1) is 19.9. The molecule has 3 amide bonds. The van der Waals surface area contributed by atoms with E-state index in [1.165, 1.54) is 18.2 Å². The van der Waals surface area contributed by atoms with Crippen molar-refractivity contribution < 1.29 is 18.8 Å². The van der Waals surface area contributed by atoms with E-state index >= 15 is 0 Å². The topological polar surface area (TPSA) is 71.4 Å². The van der Waals surface area contributed by atoms with Gasteiger partial charge in [-0.2, -0.15) is 0 Å². The smallest absolute Gasteiger partial charge is 0.293 e. The lowest BCUT2D eigenvalue weighted by atomic mass is 10.2. The number of thioether (sulfide) groups is 1. The van der Waals surface area contributed by atoms with Gasteiger partial charge < -0.3 is 9.88 Å². The lowest BCUT2D eigenvalue weighted by Gasteiger charge is -2.13. The minimum atomic E-state index is -0.493. The highest BCUT2D eigenvalue weighted by molar-refractivity contribution is 8.18. The van der Waals surface area contributed by atoms with Crippen LogP contribution in [0.3, 0.4) is 0 Å². The van der Waals surface area contributed by atoms with E-state index in [1.54, 1.807) is 29.8 Å². The van der Waals surface area contributed by atoms with Gasteiger partial charge in [0.1, 0.15) is 11.5 Å². The van der Waals surface area contributed by atoms with E-state index in [2.05, 4.69) is 5.32 Å². The molecular formula is C22H18FN3O3S. The number of halogens is 1. The molecule has 3 aromatic rings. The number of aromatic nitrogens is 1. The van der Waals surface area contributed by atoms with Gasteiger partial charge >= 0.3 is 0 Å². The zero-order valence-electron chi connectivity index (χ0n) is 16.1. The maximum absolute atomic E-state index is 13.8. The van der Waals surface area contributed by atoms with Gasteiger partial charge in [-0.1, -0.05) is 36.4 Å². The molecule has 1 N–H and O–H groups in total. The van der Waals surface area contributed by atoms with Gasteiger partial charge in [-0.3, -0.25) is 19.3 Å². The Labute approximate surface area is 176 Å². The predicted molar refractivity (Wildman–Crippen MR) is 114 cm³/mol. The van der Waals surface area contributed by atoms with E-state index in [0.29, 0.717) is 5.69 Å². The number of rotatable bonds is 5. The highest BCUT2D eigenvalue weighted by atomic mass is 32.2. The highest BCUT2D eigenvalue weighted by Crippen LogP contribution is 2.32. The third-order valence-corrected chi connectivity index (χ3v) is 5.78. The predicted octanol–water partition coefficient (Wildman–Crippen LogP) is 3.78. The summed E-state index contributed by atoms with van der Waals surface area (Å²) in [6, 6.07) is 15.5. The van der Waals surface area contributed by atoms with Crippen LogP contribution < -0.4 is 5.32 Å². The molecule has 1 aliphatic heterocycles. The van der Waals surface area contributed by atoms with Crippen LogP contribution in [0.15, 0.2) is 59.5 Å². The molecule has 0 saturated carbocycles. The van der Waals surface area contributed by atoms with Gasteiger partial charge in [0.05, 0.1) is 4.91 Å². The Morgan fingerprint density at radius 3 is 2.63 bits per heavy atom. The number of nitrogens with zero attached hydrogens (tertiary/aromatic N) is 2. The molecule has 1 aromatic heterocycles. The number of para-hydroxylation sites is 1. The SMILES string of the molecule is Cn1c(C(=O)NCCN2C(=O)S/C(=C/c3ccccc3F)C2=O)cc2ccccc21. The van der Waals surface area contributed by atoms with E-state index in [4.69, 9.17) is 0 Å². The van der Waals surface area contributed by atoms with Crippen LogP contribution in [0.25, 0.3) is 17.0 Å². The molecule has 0 atom stereocenters.